The number of nitrogens with zero attached hydrogens (tertiary/aromatic N) is 2. The molecule has 1 fully saturated rings. The van der Waals surface area contributed by atoms with Gasteiger partial charge in [0.05, 0.1) is 22.6 Å². The molecule has 4 aromatic rings. The van der Waals surface area contributed by atoms with Crippen molar-refractivity contribution >= 4 is 21.8 Å². The molecule has 1 aromatic heterocycles. The summed E-state index contributed by atoms with van der Waals surface area (Å²) in [5.41, 5.74) is 2.51. The molecule has 1 amide bonds. The number of para-hydroxylation sites is 1. The van der Waals surface area contributed by atoms with E-state index in [0.717, 1.165) is 42.0 Å². The summed E-state index contributed by atoms with van der Waals surface area (Å²) in [5, 5.41) is 2.75. The van der Waals surface area contributed by atoms with Gasteiger partial charge in [-0.05, 0) is 86.6 Å². The van der Waals surface area contributed by atoms with Gasteiger partial charge in [-0.25, -0.2) is 0 Å². The van der Waals surface area contributed by atoms with Gasteiger partial charge in [-0.3, -0.25) is 4.79 Å². The van der Waals surface area contributed by atoms with Gasteiger partial charge in [0.2, 0.25) is 0 Å². The first-order valence-electron chi connectivity index (χ1n) is 12.4. The molecular weight excluding hydrogens is 555 g/mol. The van der Waals surface area contributed by atoms with Gasteiger partial charge in [0.15, 0.2) is 0 Å². The fourth-order valence-corrected chi connectivity index (χ4v) is 4.85. The molecule has 0 radical (unpaired) electrons. The third kappa shape index (κ3) is 6.03. The minimum atomic E-state index is -4.53. The largest absolute Gasteiger partial charge is 0.418 e. The van der Waals surface area contributed by atoms with Crippen LogP contribution in [0, 0.1) is 0 Å². The monoisotopic (exact) mass is 583 g/mol. The van der Waals surface area contributed by atoms with Gasteiger partial charge in [-0.1, -0.05) is 52.3 Å². The Morgan fingerprint density at radius 1 is 0.816 bits per heavy atom. The first kappa shape index (κ1) is 27.7. The van der Waals surface area contributed by atoms with Crippen LogP contribution in [0.25, 0.3) is 28.2 Å². The molecular formula is C30H29BrF3N3O. The molecule has 198 valence electrons. The number of benzene rings is 3. The van der Waals surface area contributed by atoms with E-state index in [1.54, 1.807) is 28.8 Å². The number of alkyl halides is 3. The lowest BCUT2D eigenvalue weighted by Crippen LogP contribution is -2.27. The highest BCUT2D eigenvalue weighted by Gasteiger charge is 2.34. The number of carbonyl (C=O) groups excluding carboxylic acids is 1. The molecule has 2 heterocycles. The lowest BCUT2D eigenvalue weighted by atomic mass is 10.1. The van der Waals surface area contributed by atoms with Crippen molar-refractivity contribution in [3.8, 4) is 28.2 Å². The van der Waals surface area contributed by atoms with Crippen LogP contribution in [-0.4, -0.2) is 42.6 Å². The van der Waals surface area contributed by atoms with Crippen molar-refractivity contribution < 1.29 is 18.0 Å². The molecule has 0 bridgehead atoms. The fourth-order valence-electron chi connectivity index (χ4n) is 4.59. The first-order chi connectivity index (χ1) is 18.2. The summed E-state index contributed by atoms with van der Waals surface area (Å²) >= 11 is 3.42. The van der Waals surface area contributed by atoms with Crippen LogP contribution < -0.4 is 5.32 Å². The number of amides is 1. The van der Waals surface area contributed by atoms with Crippen molar-refractivity contribution in [2.75, 3.05) is 27.2 Å². The van der Waals surface area contributed by atoms with Gasteiger partial charge in [-0.15, -0.1) is 0 Å². The predicted molar refractivity (Wildman–Crippen MR) is 149 cm³/mol. The number of likely N-dealkylation sites (tertiary alicyclic amines) is 1. The summed E-state index contributed by atoms with van der Waals surface area (Å²) in [6.45, 7) is 1.46. The van der Waals surface area contributed by atoms with Crippen molar-refractivity contribution in [1.29, 1.82) is 0 Å². The summed E-state index contributed by atoms with van der Waals surface area (Å²) in [6, 6.07) is 23.8. The van der Waals surface area contributed by atoms with E-state index in [2.05, 4.69) is 21.2 Å². The molecule has 1 aliphatic rings. The zero-order valence-corrected chi connectivity index (χ0v) is 22.8. The minimum Gasteiger partial charge on any atom is -0.339 e. The molecule has 0 saturated carbocycles. The second-order valence-electron chi connectivity index (χ2n) is 9.04. The van der Waals surface area contributed by atoms with E-state index in [1.165, 1.54) is 12.1 Å². The standard InChI is InChI=1S/C28H22BrF3N2O.C2H7N/c29-22-12-10-19(11-13-22)24-14-15-25(34(24)26-9-2-1-8-23(26)28(30,31)32)20-6-5-7-21(18-20)27(35)33-16-3-4-17-33;1-3-2/h1-2,5-15,18H,3-4,16-17H2;3H,1-2H3. The lowest BCUT2D eigenvalue weighted by molar-refractivity contribution is -0.137. The first-order valence-corrected chi connectivity index (χ1v) is 13.2. The Morgan fingerprint density at radius 2 is 1.42 bits per heavy atom. The van der Waals surface area contributed by atoms with Crippen LogP contribution in [0.2, 0.25) is 0 Å². The number of halogens is 4. The maximum absolute atomic E-state index is 14.0. The maximum atomic E-state index is 14.0. The molecule has 1 N–H and O–H groups in total. The highest BCUT2D eigenvalue weighted by Crippen LogP contribution is 2.39. The second kappa shape index (κ2) is 12.0. The van der Waals surface area contributed by atoms with Gasteiger partial charge in [0, 0.05) is 23.1 Å². The van der Waals surface area contributed by atoms with E-state index < -0.39 is 11.7 Å². The fraction of sp³-hybridized carbons (Fsp3) is 0.233. The molecule has 8 heteroatoms. The maximum Gasteiger partial charge on any atom is 0.418 e. The average Bonchev–Trinajstić information content (AvgIpc) is 3.60. The number of carbonyl (C=O) groups is 1. The molecule has 0 spiro atoms. The van der Waals surface area contributed by atoms with E-state index >= 15 is 0 Å². The van der Waals surface area contributed by atoms with E-state index in [1.807, 2.05) is 61.5 Å². The smallest absolute Gasteiger partial charge is 0.339 e. The van der Waals surface area contributed by atoms with Crippen LogP contribution in [0.15, 0.2) is 89.4 Å². The predicted octanol–water partition coefficient (Wildman–Crippen LogP) is 7.66. The topological polar surface area (TPSA) is 37.3 Å². The Morgan fingerprint density at radius 3 is 2.05 bits per heavy atom. The Bertz CT molecular complexity index is 1390. The Hall–Kier alpha value is -3.36. The highest BCUT2D eigenvalue weighted by molar-refractivity contribution is 9.10. The average molecular weight is 584 g/mol. The number of nitrogens with one attached hydrogen (secondary N) is 1. The lowest BCUT2D eigenvalue weighted by Gasteiger charge is -2.20. The summed E-state index contributed by atoms with van der Waals surface area (Å²) in [7, 11) is 3.75. The summed E-state index contributed by atoms with van der Waals surface area (Å²) in [4.78, 5) is 14.8. The summed E-state index contributed by atoms with van der Waals surface area (Å²) in [6.07, 6.45) is -2.55. The van der Waals surface area contributed by atoms with Crippen LogP contribution in [0.3, 0.4) is 0 Å². The molecule has 1 aliphatic heterocycles. The molecule has 0 unspecified atom stereocenters. The molecule has 3 aromatic carbocycles. The van der Waals surface area contributed by atoms with Crippen LogP contribution in [0.1, 0.15) is 28.8 Å². The number of hydrogen-bond donors (Lipinski definition) is 1. The summed E-state index contributed by atoms with van der Waals surface area (Å²) in [5.74, 6) is -0.0497. The van der Waals surface area contributed by atoms with Gasteiger partial charge >= 0.3 is 6.18 Å². The zero-order valence-electron chi connectivity index (χ0n) is 21.2. The summed E-state index contributed by atoms with van der Waals surface area (Å²) < 4.78 is 44.6. The minimum absolute atomic E-state index is 0.0363. The van der Waals surface area contributed by atoms with E-state index in [4.69, 9.17) is 0 Å². The number of aromatic nitrogens is 1. The SMILES string of the molecule is CNC.O=C(c1cccc(-c2ccc(-c3ccc(Br)cc3)n2-c2ccccc2C(F)(F)F)c1)N1CCCC1. The quantitative estimate of drug-likeness (QED) is 0.268. The van der Waals surface area contributed by atoms with Gasteiger partial charge < -0.3 is 14.8 Å². The molecule has 1 saturated heterocycles. The van der Waals surface area contributed by atoms with Crippen LogP contribution >= 0.6 is 15.9 Å². The van der Waals surface area contributed by atoms with Crippen LogP contribution in [-0.2, 0) is 6.18 Å². The van der Waals surface area contributed by atoms with E-state index in [-0.39, 0.29) is 11.6 Å². The molecule has 0 atom stereocenters. The van der Waals surface area contributed by atoms with Crippen LogP contribution in [0.4, 0.5) is 13.2 Å². The highest BCUT2D eigenvalue weighted by atomic mass is 79.9. The number of rotatable bonds is 4. The van der Waals surface area contributed by atoms with E-state index in [9.17, 15) is 18.0 Å². The molecule has 38 heavy (non-hydrogen) atoms. The Balaban J connectivity index is 0.00000107. The van der Waals surface area contributed by atoms with Crippen molar-refractivity contribution in [2.24, 2.45) is 0 Å². The third-order valence-corrected chi connectivity index (χ3v) is 6.80. The Labute approximate surface area is 229 Å². The van der Waals surface area contributed by atoms with Crippen molar-refractivity contribution in [2.45, 2.75) is 19.0 Å². The van der Waals surface area contributed by atoms with Crippen molar-refractivity contribution in [3.05, 3.63) is 101 Å². The van der Waals surface area contributed by atoms with Gasteiger partial charge in [-0.2, -0.15) is 13.2 Å². The van der Waals surface area contributed by atoms with Crippen LogP contribution in [0.5, 0.6) is 0 Å². The molecule has 4 nitrogen and oxygen atoms in total. The molecule has 0 aliphatic carbocycles. The molecule has 5 rings (SSSR count). The number of hydrogen-bond acceptors (Lipinski definition) is 2. The third-order valence-electron chi connectivity index (χ3n) is 6.27. The zero-order chi connectivity index (χ0) is 27.3. The normalized spacial score (nSPS) is 13.3. The van der Waals surface area contributed by atoms with Gasteiger partial charge in [0.1, 0.15) is 0 Å². The van der Waals surface area contributed by atoms with E-state index in [0.29, 0.717) is 22.5 Å². The Kier molecular flexibility index (Phi) is 8.74. The van der Waals surface area contributed by atoms with Crippen molar-refractivity contribution in [3.63, 3.8) is 0 Å². The van der Waals surface area contributed by atoms with Crippen molar-refractivity contribution in [1.82, 2.24) is 14.8 Å². The van der Waals surface area contributed by atoms with Gasteiger partial charge in [0.25, 0.3) is 5.91 Å². The second-order valence-corrected chi connectivity index (χ2v) is 9.96.